The van der Waals surface area contributed by atoms with Crippen molar-refractivity contribution < 1.29 is 80.2 Å². The number of aliphatic hydroxyl groups excluding tert-OH is 1. The number of aliphatic hydroxyl groups is 1. The van der Waals surface area contributed by atoms with Crippen molar-refractivity contribution in [1.29, 1.82) is 0 Å². The van der Waals surface area contributed by atoms with Crippen LogP contribution in [0.4, 0.5) is 0 Å². The molecular weight excluding hydrogens is 1280 g/mol. The zero-order chi connectivity index (χ0) is 71.9. The minimum Gasteiger partial charge on any atom is -0.462 e. The molecule has 0 aliphatic rings. The van der Waals surface area contributed by atoms with E-state index < -0.39 is 97.5 Å². The zero-order valence-corrected chi connectivity index (χ0v) is 65.7. The third kappa shape index (κ3) is 72.4. The van der Waals surface area contributed by atoms with E-state index in [1.54, 1.807) is 0 Å². The summed E-state index contributed by atoms with van der Waals surface area (Å²) >= 11 is 0. The maximum absolute atomic E-state index is 13.1. The molecular formula is C79H154O17P2. The molecule has 0 aromatic carbocycles. The lowest BCUT2D eigenvalue weighted by Crippen LogP contribution is -2.30. The molecule has 0 bridgehead atoms. The average molecular weight is 1440 g/mol. The summed E-state index contributed by atoms with van der Waals surface area (Å²) in [6, 6.07) is 0. The van der Waals surface area contributed by atoms with Crippen molar-refractivity contribution in [2.75, 3.05) is 39.6 Å². The van der Waals surface area contributed by atoms with Gasteiger partial charge in [-0.2, -0.15) is 0 Å². The Hall–Kier alpha value is -1.94. The highest BCUT2D eigenvalue weighted by atomic mass is 31.2. The van der Waals surface area contributed by atoms with Crippen LogP contribution in [0, 0.1) is 5.92 Å². The molecule has 0 fully saturated rings. The molecule has 0 aromatic heterocycles. The van der Waals surface area contributed by atoms with Crippen molar-refractivity contribution in [3.05, 3.63) is 0 Å². The van der Waals surface area contributed by atoms with Crippen molar-refractivity contribution in [3.63, 3.8) is 0 Å². The van der Waals surface area contributed by atoms with Crippen LogP contribution in [0.3, 0.4) is 0 Å². The first-order valence-electron chi connectivity index (χ1n) is 41.1. The number of rotatable bonds is 79. The number of carbonyl (C=O) groups is 4. The smallest absolute Gasteiger partial charge is 0.462 e. The molecule has 2 unspecified atom stereocenters. The van der Waals surface area contributed by atoms with Crippen LogP contribution in [0.5, 0.6) is 0 Å². The summed E-state index contributed by atoms with van der Waals surface area (Å²) in [4.78, 5) is 72.8. The topological polar surface area (TPSA) is 237 Å². The molecule has 0 rings (SSSR count). The van der Waals surface area contributed by atoms with Gasteiger partial charge in [0.25, 0.3) is 0 Å². The van der Waals surface area contributed by atoms with Crippen LogP contribution >= 0.6 is 15.6 Å². The van der Waals surface area contributed by atoms with E-state index in [1.165, 1.54) is 231 Å². The van der Waals surface area contributed by atoms with Gasteiger partial charge in [-0.15, -0.1) is 0 Å². The Labute approximate surface area is 600 Å². The largest absolute Gasteiger partial charge is 0.472 e. The van der Waals surface area contributed by atoms with Gasteiger partial charge in [0.15, 0.2) is 12.2 Å². The summed E-state index contributed by atoms with van der Waals surface area (Å²) in [6.45, 7) is 7.29. The Balaban J connectivity index is 5.16. The molecule has 0 saturated carbocycles. The molecule has 0 aromatic rings. The van der Waals surface area contributed by atoms with E-state index in [1.807, 2.05) is 0 Å². The maximum Gasteiger partial charge on any atom is 0.472 e. The minimum atomic E-state index is -4.96. The number of unbranched alkanes of at least 4 members (excludes halogenated alkanes) is 51. The maximum atomic E-state index is 13.1. The van der Waals surface area contributed by atoms with E-state index in [9.17, 15) is 43.2 Å². The van der Waals surface area contributed by atoms with E-state index in [-0.39, 0.29) is 25.7 Å². The highest BCUT2D eigenvalue weighted by molar-refractivity contribution is 7.47. The lowest BCUT2D eigenvalue weighted by molar-refractivity contribution is -0.161. The van der Waals surface area contributed by atoms with E-state index in [2.05, 4.69) is 34.6 Å². The normalized spacial score (nSPS) is 13.9. The number of phosphoric acid groups is 2. The number of esters is 4. The van der Waals surface area contributed by atoms with Gasteiger partial charge in [0, 0.05) is 25.7 Å². The summed E-state index contributed by atoms with van der Waals surface area (Å²) in [5.74, 6) is -1.32. The fourth-order valence-corrected chi connectivity index (χ4v) is 13.8. The molecule has 17 nitrogen and oxygen atoms in total. The number of carbonyl (C=O) groups excluding carboxylic acids is 4. The molecule has 582 valence electrons. The van der Waals surface area contributed by atoms with Crippen molar-refractivity contribution in [3.8, 4) is 0 Å². The van der Waals surface area contributed by atoms with Crippen LogP contribution in [-0.2, 0) is 65.4 Å². The molecule has 5 atom stereocenters. The fraction of sp³-hybridized carbons (Fsp3) is 0.949. The van der Waals surface area contributed by atoms with Crippen LogP contribution in [0.15, 0.2) is 0 Å². The second-order valence-electron chi connectivity index (χ2n) is 28.9. The van der Waals surface area contributed by atoms with E-state index >= 15 is 0 Å². The molecule has 3 N–H and O–H groups in total. The second-order valence-corrected chi connectivity index (χ2v) is 31.8. The first-order valence-corrected chi connectivity index (χ1v) is 44.1. The Morgan fingerprint density at radius 3 is 0.694 bits per heavy atom. The third-order valence-electron chi connectivity index (χ3n) is 18.5. The zero-order valence-electron chi connectivity index (χ0n) is 63.9. The highest BCUT2D eigenvalue weighted by Crippen LogP contribution is 2.45. The summed E-state index contributed by atoms with van der Waals surface area (Å²) in [5, 5.41) is 10.6. The van der Waals surface area contributed by atoms with Crippen LogP contribution in [-0.4, -0.2) is 96.7 Å². The molecule has 19 heteroatoms. The summed E-state index contributed by atoms with van der Waals surface area (Å²) in [6.07, 6.45) is 62.7. The summed E-state index contributed by atoms with van der Waals surface area (Å²) in [7, 11) is -9.91. The Kier molecular flexibility index (Phi) is 70.6. The Morgan fingerprint density at radius 1 is 0.276 bits per heavy atom. The molecule has 0 spiro atoms. The molecule has 0 aliphatic heterocycles. The van der Waals surface area contributed by atoms with Gasteiger partial charge in [0.2, 0.25) is 0 Å². The predicted octanol–water partition coefficient (Wildman–Crippen LogP) is 23.6. The highest BCUT2D eigenvalue weighted by Gasteiger charge is 2.30. The van der Waals surface area contributed by atoms with E-state index in [4.69, 9.17) is 37.0 Å². The van der Waals surface area contributed by atoms with Gasteiger partial charge < -0.3 is 33.8 Å². The van der Waals surface area contributed by atoms with Crippen LogP contribution in [0.2, 0.25) is 0 Å². The monoisotopic (exact) mass is 1440 g/mol. The van der Waals surface area contributed by atoms with Gasteiger partial charge in [0.05, 0.1) is 26.4 Å². The van der Waals surface area contributed by atoms with Crippen LogP contribution in [0.25, 0.3) is 0 Å². The van der Waals surface area contributed by atoms with Crippen molar-refractivity contribution in [2.45, 2.75) is 438 Å². The number of hydrogen-bond donors (Lipinski definition) is 3. The van der Waals surface area contributed by atoms with Gasteiger partial charge in [-0.1, -0.05) is 369 Å². The molecule has 0 aliphatic carbocycles. The molecule has 0 heterocycles. The number of phosphoric ester groups is 2. The Bertz CT molecular complexity index is 1870. The third-order valence-corrected chi connectivity index (χ3v) is 20.4. The standard InChI is InChI=1S/C79H154O17P2/c1-6-9-12-15-18-20-22-24-25-26-27-28-29-30-31-32-36-41-45-50-55-60-65-79(84)96-75(69-90-77(82)63-58-53-48-43-39-37-33-35-38-42-47-51-56-61-72(4)5)71-94-98(87,88)92-67-73(80)66-91-97(85,86)93-70-74(68-89-76(81)62-57-52-46-17-14-11-8-3)95-78(83)64-59-54-49-44-40-34-23-21-19-16-13-10-7-2/h72-75,80H,6-71H2,1-5H3,(H,85,86)(H,87,88)/t73-,74+,75+/m0/s1. The quantitative estimate of drug-likeness (QED) is 0.0222. The first-order chi connectivity index (χ1) is 47.5. The lowest BCUT2D eigenvalue weighted by Gasteiger charge is -2.21. The first kappa shape index (κ1) is 96.1. The van der Waals surface area contributed by atoms with E-state index in [0.717, 1.165) is 109 Å². The molecule has 0 saturated heterocycles. The Morgan fingerprint density at radius 2 is 0.469 bits per heavy atom. The number of hydrogen-bond acceptors (Lipinski definition) is 15. The second kappa shape index (κ2) is 72.0. The van der Waals surface area contributed by atoms with Crippen molar-refractivity contribution >= 4 is 39.5 Å². The van der Waals surface area contributed by atoms with Gasteiger partial charge in [-0.25, -0.2) is 9.13 Å². The van der Waals surface area contributed by atoms with Crippen molar-refractivity contribution in [2.24, 2.45) is 5.92 Å². The van der Waals surface area contributed by atoms with Crippen LogP contribution < -0.4 is 0 Å². The average Bonchev–Trinajstić information content (AvgIpc) is 1.01. The minimum absolute atomic E-state index is 0.108. The fourth-order valence-electron chi connectivity index (χ4n) is 12.2. The lowest BCUT2D eigenvalue weighted by atomic mass is 10.0. The summed E-state index contributed by atoms with van der Waals surface area (Å²) < 4.78 is 68.5. The van der Waals surface area contributed by atoms with Gasteiger partial charge in [0.1, 0.15) is 19.3 Å². The van der Waals surface area contributed by atoms with Crippen molar-refractivity contribution in [1.82, 2.24) is 0 Å². The van der Waals surface area contributed by atoms with Gasteiger partial charge in [-0.3, -0.25) is 37.3 Å². The van der Waals surface area contributed by atoms with Gasteiger partial charge >= 0.3 is 39.5 Å². The van der Waals surface area contributed by atoms with Crippen LogP contribution in [0.1, 0.15) is 420 Å². The molecule has 0 radical (unpaired) electrons. The van der Waals surface area contributed by atoms with Gasteiger partial charge in [-0.05, 0) is 31.6 Å². The van der Waals surface area contributed by atoms with E-state index in [0.29, 0.717) is 25.7 Å². The molecule has 98 heavy (non-hydrogen) atoms. The number of ether oxygens (including phenoxy) is 4. The summed E-state index contributed by atoms with van der Waals surface area (Å²) in [5.41, 5.74) is 0. The molecule has 0 amide bonds. The predicted molar refractivity (Wildman–Crippen MR) is 400 cm³/mol. The SMILES string of the molecule is CCCCCCCCCCCCCCCCCCCCCCCCC(=O)O[C@H](COC(=O)CCCCCCCCCCCCCCCC(C)C)COP(=O)(O)OC[C@@H](O)COP(=O)(O)OC[C@@H](COC(=O)CCCCCCCCC)OC(=O)CCCCCCCCCCCCCCC.